The molecule has 2 aromatic rings. The van der Waals surface area contributed by atoms with Crippen LogP contribution in [0, 0.1) is 0 Å². The van der Waals surface area contributed by atoms with Crippen molar-refractivity contribution in [2.45, 2.75) is 19.3 Å². The van der Waals surface area contributed by atoms with Gasteiger partial charge in [0.25, 0.3) is 0 Å². The minimum absolute atomic E-state index is 0.673. The smallest absolute Gasteiger partial charge is 0.149 e. The lowest BCUT2D eigenvalue weighted by molar-refractivity contribution is 0.762. The molecule has 5 heteroatoms. The molecule has 3 rings (SSSR count). The zero-order valence-electron chi connectivity index (χ0n) is 8.64. The number of fused-ring (bicyclic) bond motifs is 1. The number of aryl methyl sites for hydroxylation is 1. The van der Waals surface area contributed by atoms with Crippen LogP contribution in [0.15, 0.2) is 12.4 Å². The number of anilines is 1. The summed E-state index contributed by atoms with van der Waals surface area (Å²) in [6, 6.07) is 0. The summed E-state index contributed by atoms with van der Waals surface area (Å²) >= 11 is 0. The van der Waals surface area contributed by atoms with Gasteiger partial charge in [-0.1, -0.05) is 0 Å². The number of aromatic nitrogens is 4. The molecule has 0 saturated heterocycles. The summed E-state index contributed by atoms with van der Waals surface area (Å²) in [7, 11) is 1.90. The molecule has 0 aromatic carbocycles. The minimum Gasteiger partial charge on any atom is -0.382 e. The molecule has 0 spiro atoms. The first kappa shape index (κ1) is 8.52. The van der Waals surface area contributed by atoms with E-state index < -0.39 is 0 Å². The molecule has 0 amide bonds. The lowest BCUT2D eigenvalue weighted by Gasteiger charge is -2.00. The first-order valence-electron chi connectivity index (χ1n) is 5.11. The molecule has 78 valence electrons. The SMILES string of the molecule is Cn1cc(-n2nc(N)c3c2CCC3)cn1. The van der Waals surface area contributed by atoms with Crippen LogP contribution < -0.4 is 5.73 Å². The standard InChI is InChI=1S/C10H13N5/c1-14-6-7(5-12-14)15-9-4-2-3-8(9)10(11)13-15/h5-6H,2-4H2,1H3,(H2,11,13). The molecule has 5 nitrogen and oxygen atoms in total. The Morgan fingerprint density at radius 1 is 1.40 bits per heavy atom. The van der Waals surface area contributed by atoms with Crippen molar-refractivity contribution in [3.05, 3.63) is 23.7 Å². The van der Waals surface area contributed by atoms with Gasteiger partial charge in [0.1, 0.15) is 11.5 Å². The van der Waals surface area contributed by atoms with E-state index in [1.807, 2.05) is 24.1 Å². The van der Waals surface area contributed by atoms with Crippen LogP contribution in [-0.4, -0.2) is 19.6 Å². The van der Waals surface area contributed by atoms with Gasteiger partial charge in [-0.3, -0.25) is 4.68 Å². The fourth-order valence-electron chi connectivity index (χ4n) is 2.20. The first-order chi connectivity index (χ1) is 7.25. The van der Waals surface area contributed by atoms with Gasteiger partial charge in [0.05, 0.1) is 12.4 Å². The average Bonchev–Trinajstić information content (AvgIpc) is 2.84. The molecule has 1 aliphatic carbocycles. The van der Waals surface area contributed by atoms with Crippen LogP contribution in [0.25, 0.3) is 5.69 Å². The lowest BCUT2D eigenvalue weighted by Crippen LogP contribution is -2.00. The van der Waals surface area contributed by atoms with E-state index in [1.54, 1.807) is 4.68 Å². The summed E-state index contributed by atoms with van der Waals surface area (Å²) in [5.74, 6) is 0.673. The molecule has 0 saturated carbocycles. The van der Waals surface area contributed by atoms with Crippen molar-refractivity contribution >= 4 is 5.82 Å². The summed E-state index contributed by atoms with van der Waals surface area (Å²) in [4.78, 5) is 0. The molecule has 2 aromatic heterocycles. The Morgan fingerprint density at radius 3 is 3.00 bits per heavy atom. The predicted octanol–water partition coefficient (Wildman–Crippen LogP) is 0.677. The van der Waals surface area contributed by atoms with Gasteiger partial charge in [-0.15, -0.1) is 0 Å². The summed E-state index contributed by atoms with van der Waals surface area (Å²) in [5, 5.41) is 8.50. The van der Waals surface area contributed by atoms with E-state index in [0.29, 0.717) is 5.82 Å². The zero-order chi connectivity index (χ0) is 10.4. The fraction of sp³-hybridized carbons (Fsp3) is 0.400. The summed E-state index contributed by atoms with van der Waals surface area (Å²) in [6.45, 7) is 0. The van der Waals surface area contributed by atoms with Crippen LogP contribution in [0.5, 0.6) is 0 Å². The molecular formula is C10H13N5. The highest BCUT2D eigenvalue weighted by Gasteiger charge is 2.21. The monoisotopic (exact) mass is 203 g/mol. The third-order valence-electron chi connectivity index (χ3n) is 2.90. The minimum atomic E-state index is 0.673. The van der Waals surface area contributed by atoms with E-state index in [0.717, 1.165) is 18.5 Å². The van der Waals surface area contributed by atoms with Gasteiger partial charge in [0.15, 0.2) is 0 Å². The number of nitrogens with two attached hydrogens (primary N) is 1. The van der Waals surface area contributed by atoms with Crippen molar-refractivity contribution in [1.29, 1.82) is 0 Å². The predicted molar refractivity (Wildman–Crippen MR) is 56.8 cm³/mol. The summed E-state index contributed by atoms with van der Waals surface area (Å²) < 4.78 is 3.69. The highest BCUT2D eigenvalue weighted by Crippen LogP contribution is 2.28. The Hall–Kier alpha value is -1.78. The maximum Gasteiger partial charge on any atom is 0.149 e. The Kier molecular flexibility index (Phi) is 1.62. The van der Waals surface area contributed by atoms with E-state index in [2.05, 4.69) is 10.2 Å². The van der Waals surface area contributed by atoms with E-state index in [-0.39, 0.29) is 0 Å². The molecule has 2 N–H and O–H groups in total. The summed E-state index contributed by atoms with van der Waals surface area (Å²) in [6.07, 6.45) is 7.06. The maximum absolute atomic E-state index is 5.88. The Labute approximate surface area is 87.5 Å². The zero-order valence-corrected chi connectivity index (χ0v) is 8.64. The van der Waals surface area contributed by atoms with Crippen LogP contribution in [0.1, 0.15) is 17.7 Å². The van der Waals surface area contributed by atoms with E-state index in [1.165, 1.54) is 17.7 Å². The van der Waals surface area contributed by atoms with Gasteiger partial charge < -0.3 is 5.73 Å². The first-order valence-corrected chi connectivity index (χ1v) is 5.11. The molecule has 2 heterocycles. The third-order valence-corrected chi connectivity index (χ3v) is 2.90. The number of nitrogen functional groups attached to an aromatic ring is 1. The van der Waals surface area contributed by atoms with Gasteiger partial charge in [0.2, 0.25) is 0 Å². The highest BCUT2D eigenvalue weighted by atomic mass is 15.3. The van der Waals surface area contributed by atoms with Gasteiger partial charge in [-0.2, -0.15) is 10.2 Å². The summed E-state index contributed by atoms with van der Waals surface area (Å²) in [5.41, 5.74) is 9.34. The molecular weight excluding hydrogens is 190 g/mol. The second kappa shape index (κ2) is 2.85. The Bertz CT molecular complexity index is 508. The molecule has 15 heavy (non-hydrogen) atoms. The second-order valence-corrected chi connectivity index (χ2v) is 3.95. The van der Waals surface area contributed by atoms with E-state index in [4.69, 9.17) is 5.73 Å². The molecule has 1 aliphatic rings. The number of rotatable bonds is 1. The third kappa shape index (κ3) is 1.16. The second-order valence-electron chi connectivity index (χ2n) is 3.95. The number of hydrogen-bond donors (Lipinski definition) is 1. The van der Waals surface area contributed by atoms with Crippen molar-refractivity contribution < 1.29 is 0 Å². The molecule has 0 unspecified atom stereocenters. The van der Waals surface area contributed by atoms with Crippen LogP contribution in [0.3, 0.4) is 0 Å². The van der Waals surface area contributed by atoms with Crippen LogP contribution >= 0.6 is 0 Å². The topological polar surface area (TPSA) is 61.7 Å². The number of hydrogen-bond acceptors (Lipinski definition) is 3. The van der Waals surface area contributed by atoms with Crippen LogP contribution in [0.4, 0.5) is 5.82 Å². The van der Waals surface area contributed by atoms with Crippen molar-refractivity contribution in [2.24, 2.45) is 7.05 Å². The quantitative estimate of drug-likeness (QED) is 0.741. The van der Waals surface area contributed by atoms with Crippen molar-refractivity contribution in [3.8, 4) is 5.69 Å². The number of nitrogens with zero attached hydrogens (tertiary/aromatic N) is 4. The van der Waals surface area contributed by atoms with Crippen molar-refractivity contribution in [3.63, 3.8) is 0 Å². The fourth-order valence-corrected chi connectivity index (χ4v) is 2.20. The van der Waals surface area contributed by atoms with Crippen molar-refractivity contribution in [2.75, 3.05) is 5.73 Å². The van der Waals surface area contributed by atoms with Crippen LogP contribution in [0.2, 0.25) is 0 Å². The average molecular weight is 203 g/mol. The molecule has 0 atom stereocenters. The Balaban J connectivity index is 2.17. The van der Waals surface area contributed by atoms with Crippen molar-refractivity contribution in [1.82, 2.24) is 19.6 Å². The largest absolute Gasteiger partial charge is 0.382 e. The molecule has 0 bridgehead atoms. The highest BCUT2D eigenvalue weighted by molar-refractivity contribution is 5.48. The molecule has 0 fully saturated rings. The normalized spacial score (nSPS) is 14.5. The van der Waals surface area contributed by atoms with Crippen LogP contribution in [-0.2, 0) is 19.9 Å². The molecule has 0 radical (unpaired) electrons. The van der Waals surface area contributed by atoms with Gasteiger partial charge in [-0.05, 0) is 19.3 Å². The van der Waals surface area contributed by atoms with E-state index >= 15 is 0 Å². The van der Waals surface area contributed by atoms with Gasteiger partial charge in [-0.25, -0.2) is 4.68 Å². The lowest BCUT2D eigenvalue weighted by atomic mass is 10.2. The van der Waals surface area contributed by atoms with Gasteiger partial charge >= 0.3 is 0 Å². The maximum atomic E-state index is 5.88. The van der Waals surface area contributed by atoms with Gasteiger partial charge in [0, 0.05) is 18.3 Å². The van der Waals surface area contributed by atoms with E-state index in [9.17, 15) is 0 Å². The molecule has 0 aliphatic heterocycles. The Morgan fingerprint density at radius 2 is 2.27 bits per heavy atom.